The second kappa shape index (κ2) is 5.69. The molecule has 0 aromatic heterocycles. The van der Waals surface area contributed by atoms with Crippen LogP contribution in [0.25, 0.3) is 0 Å². The number of fused-ring (bicyclic) bond motifs is 1. The van der Waals surface area contributed by atoms with Crippen LogP contribution in [-0.2, 0) is 0 Å². The van der Waals surface area contributed by atoms with Crippen molar-refractivity contribution >= 4 is 15.9 Å². The fourth-order valence-electron chi connectivity index (χ4n) is 2.13. The van der Waals surface area contributed by atoms with Crippen LogP contribution in [0, 0.1) is 0 Å². The van der Waals surface area contributed by atoms with Crippen LogP contribution in [-0.4, -0.2) is 30.9 Å². The van der Waals surface area contributed by atoms with Gasteiger partial charge in [-0.15, -0.1) is 0 Å². The summed E-state index contributed by atoms with van der Waals surface area (Å²) in [4.78, 5) is 0. The van der Waals surface area contributed by atoms with Crippen molar-refractivity contribution in [1.82, 2.24) is 5.32 Å². The summed E-state index contributed by atoms with van der Waals surface area (Å²) >= 11 is 3.49. The summed E-state index contributed by atoms with van der Waals surface area (Å²) < 4.78 is 12.2. The molecule has 1 aromatic carbocycles. The van der Waals surface area contributed by atoms with Crippen molar-refractivity contribution in [1.29, 1.82) is 0 Å². The summed E-state index contributed by atoms with van der Waals surface area (Å²) in [6, 6.07) is 4.38. The van der Waals surface area contributed by atoms with E-state index in [9.17, 15) is 5.11 Å². The Labute approximate surface area is 121 Å². The minimum atomic E-state index is -0.519. The Kier molecular flexibility index (Phi) is 3.96. The Morgan fingerprint density at radius 2 is 2.11 bits per heavy atom. The molecule has 104 valence electrons. The van der Waals surface area contributed by atoms with Crippen molar-refractivity contribution in [3.63, 3.8) is 0 Å². The summed E-state index contributed by atoms with van der Waals surface area (Å²) in [6.45, 7) is 1.90. The lowest BCUT2D eigenvalue weighted by molar-refractivity contribution is 0.173. The molecule has 4 nitrogen and oxygen atoms in total. The third kappa shape index (κ3) is 3.22. The SMILES string of the molecule is OC(CNC1CC1)c1cc(Br)c2c(c1)OCCCO2. The number of nitrogens with one attached hydrogen (secondary N) is 1. The first-order chi connectivity index (χ1) is 9.24. The monoisotopic (exact) mass is 327 g/mol. The average molecular weight is 328 g/mol. The van der Waals surface area contributed by atoms with Gasteiger partial charge >= 0.3 is 0 Å². The molecule has 1 aromatic rings. The molecule has 0 saturated heterocycles. The third-order valence-electron chi connectivity index (χ3n) is 3.39. The molecule has 5 heteroatoms. The molecule has 19 heavy (non-hydrogen) atoms. The van der Waals surface area contributed by atoms with Gasteiger partial charge in [0.25, 0.3) is 0 Å². The molecule has 2 aliphatic rings. The number of aliphatic hydroxyl groups is 1. The van der Waals surface area contributed by atoms with E-state index in [1.54, 1.807) is 0 Å². The Balaban J connectivity index is 1.77. The van der Waals surface area contributed by atoms with E-state index in [2.05, 4.69) is 21.2 Å². The number of hydrogen-bond acceptors (Lipinski definition) is 4. The maximum Gasteiger partial charge on any atom is 0.175 e. The first-order valence-corrected chi connectivity index (χ1v) is 7.54. The van der Waals surface area contributed by atoms with E-state index in [-0.39, 0.29) is 0 Å². The Hall–Kier alpha value is -0.780. The highest BCUT2D eigenvalue weighted by molar-refractivity contribution is 9.10. The van der Waals surface area contributed by atoms with Crippen LogP contribution in [0.15, 0.2) is 16.6 Å². The molecule has 1 fully saturated rings. The van der Waals surface area contributed by atoms with Gasteiger partial charge in [0, 0.05) is 19.0 Å². The quantitative estimate of drug-likeness (QED) is 0.891. The zero-order valence-corrected chi connectivity index (χ0v) is 12.3. The number of benzene rings is 1. The van der Waals surface area contributed by atoms with Crippen molar-refractivity contribution in [3.05, 3.63) is 22.2 Å². The second-order valence-corrected chi connectivity index (χ2v) is 5.93. The summed E-state index contributed by atoms with van der Waals surface area (Å²) in [6.07, 6.45) is 2.80. The zero-order valence-electron chi connectivity index (χ0n) is 10.7. The van der Waals surface area contributed by atoms with Gasteiger partial charge in [0.2, 0.25) is 0 Å². The van der Waals surface area contributed by atoms with Crippen LogP contribution in [0.5, 0.6) is 11.5 Å². The summed E-state index contributed by atoms with van der Waals surface area (Å²) in [5.74, 6) is 1.45. The number of aliphatic hydroxyl groups excluding tert-OH is 1. The van der Waals surface area contributed by atoms with Gasteiger partial charge in [-0.2, -0.15) is 0 Å². The smallest absolute Gasteiger partial charge is 0.175 e. The van der Waals surface area contributed by atoms with Gasteiger partial charge in [0.05, 0.1) is 23.8 Å². The maximum atomic E-state index is 10.2. The third-order valence-corrected chi connectivity index (χ3v) is 3.98. The topological polar surface area (TPSA) is 50.7 Å². The molecule has 3 rings (SSSR count). The summed E-state index contributed by atoms with van der Waals surface area (Å²) in [7, 11) is 0. The summed E-state index contributed by atoms with van der Waals surface area (Å²) in [5.41, 5.74) is 0.851. The minimum absolute atomic E-state index is 0.519. The highest BCUT2D eigenvalue weighted by Crippen LogP contribution is 2.39. The summed E-state index contributed by atoms with van der Waals surface area (Å²) in [5, 5.41) is 13.5. The second-order valence-electron chi connectivity index (χ2n) is 5.08. The Bertz CT molecular complexity index is 462. The van der Waals surface area contributed by atoms with Crippen molar-refractivity contribution in [2.24, 2.45) is 0 Å². The van der Waals surface area contributed by atoms with E-state index >= 15 is 0 Å². The van der Waals surface area contributed by atoms with Crippen LogP contribution in [0.1, 0.15) is 30.9 Å². The molecule has 1 saturated carbocycles. The largest absolute Gasteiger partial charge is 0.490 e. The lowest BCUT2D eigenvalue weighted by atomic mass is 10.1. The molecule has 1 aliphatic heterocycles. The first-order valence-electron chi connectivity index (χ1n) is 6.74. The standard InChI is InChI=1S/C14H18BrNO3/c15-11-6-9(12(17)8-16-10-2-3-10)7-13-14(11)19-5-1-4-18-13/h6-7,10,12,16-17H,1-5,8H2. The molecule has 1 atom stereocenters. The van der Waals surface area contributed by atoms with Crippen LogP contribution < -0.4 is 14.8 Å². The number of rotatable bonds is 4. The van der Waals surface area contributed by atoms with Gasteiger partial charge < -0.3 is 19.9 Å². The van der Waals surface area contributed by atoms with E-state index in [0.29, 0.717) is 31.5 Å². The van der Waals surface area contributed by atoms with Crippen LogP contribution >= 0.6 is 15.9 Å². The Morgan fingerprint density at radius 1 is 1.32 bits per heavy atom. The molecule has 2 N–H and O–H groups in total. The fraction of sp³-hybridized carbons (Fsp3) is 0.571. The van der Waals surface area contributed by atoms with Crippen LogP contribution in [0.3, 0.4) is 0 Å². The predicted molar refractivity (Wildman–Crippen MR) is 75.7 cm³/mol. The minimum Gasteiger partial charge on any atom is -0.490 e. The molecule has 1 unspecified atom stereocenters. The first kappa shape index (κ1) is 13.2. The van der Waals surface area contributed by atoms with E-state index in [4.69, 9.17) is 9.47 Å². The fourth-order valence-corrected chi connectivity index (χ4v) is 2.70. The van der Waals surface area contributed by atoms with Crippen molar-refractivity contribution in [2.75, 3.05) is 19.8 Å². The van der Waals surface area contributed by atoms with Crippen LogP contribution in [0.4, 0.5) is 0 Å². The number of ether oxygens (including phenoxy) is 2. The van der Waals surface area contributed by atoms with Gasteiger partial charge in [-0.05, 0) is 46.5 Å². The molecule has 0 radical (unpaired) electrons. The maximum absolute atomic E-state index is 10.2. The van der Waals surface area contributed by atoms with Gasteiger partial charge in [-0.1, -0.05) is 0 Å². The van der Waals surface area contributed by atoms with Crippen molar-refractivity contribution < 1.29 is 14.6 Å². The van der Waals surface area contributed by atoms with Gasteiger partial charge in [0.15, 0.2) is 11.5 Å². The number of hydrogen-bond donors (Lipinski definition) is 2. The van der Waals surface area contributed by atoms with Gasteiger partial charge in [0.1, 0.15) is 0 Å². The lowest BCUT2D eigenvalue weighted by Crippen LogP contribution is -2.23. The number of halogens is 1. The van der Waals surface area contributed by atoms with Crippen molar-refractivity contribution in [2.45, 2.75) is 31.4 Å². The van der Waals surface area contributed by atoms with E-state index in [1.165, 1.54) is 12.8 Å². The molecule has 1 heterocycles. The molecular weight excluding hydrogens is 310 g/mol. The molecule has 0 spiro atoms. The van der Waals surface area contributed by atoms with E-state index in [0.717, 1.165) is 22.2 Å². The average Bonchev–Trinajstić information content (AvgIpc) is 3.22. The highest BCUT2D eigenvalue weighted by atomic mass is 79.9. The molecule has 0 amide bonds. The normalized spacial score (nSPS) is 19.9. The van der Waals surface area contributed by atoms with E-state index < -0.39 is 6.10 Å². The zero-order chi connectivity index (χ0) is 13.2. The molecule has 1 aliphatic carbocycles. The van der Waals surface area contributed by atoms with E-state index in [1.807, 2.05) is 12.1 Å². The van der Waals surface area contributed by atoms with Gasteiger partial charge in [-0.3, -0.25) is 0 Å². The Morgan fingerprint density at radius 3 is 2.89 bits per heavy atom. The van der Waals surface area contributed by atoms with Crippen LogP contribution in [0.2, 0.25) is 0 Å². The lowest BCUT2D eigenvalue weighted by Gasteiger charge is -2.16. The van der Waals surface area contributed by atoms with Gasteiger partial charge in [-0.25, -0.2) is 0 Å². The highest BCUT2D eigenvalue weighted by Gasteiger charge is 2.23. The van der Waals surface area contributed by atoms with Crippen molar-refractivity contribution in [3.8, 4) is 11.5 Å². The molecular formula is C14H18BrNO3. The molecule has 0 bridgehead atoms. The predicted octanol–water partition coefficient (Wildman–Crippen LogP) is 2.40.